The first-order chi connectivity index (χ1) is 10.3. The van der Waals surface area contributed by atoms with Crippen LogP contribution in [-0.4, -0.2) is 6.79 Å². The van der Waals surface area contributed by atoms with Gasteiger partial charge in [0.1, 0.15) is 11.5 Å². The summed E-state index contributed by atoms with van der Waals surface area (Å²) in [7, 11) is 0. The van der Waals surface area contributed by atoms with Crippen LogP contribution in [0.2, 0.25) is 0 Å². The number of allylic oxidation sites excluding steroid dienone is 2. The quantitative estimate of drug-likeness (QED) is 0.521. The molecule has 0 saturated carbocycles. The van der Waals surface area contributed by atoms with Crippen LogP contribution < -0.4 is 9.47 Å². The first-order valence-electron chi connectivity index (χ1n) is 6.97. The Labute approximate surface area is 126 Å². The van der Waals surface area contributed by atoms with Crippen molar-refractivity contribution < 1.29 is 9.47 Å². The highest BCUT2D eigenvalue weighted by atomic mass is 16.7. The smallest absolute Gasteiger partial charge is 0.230 e. The Morgan fingerprint density at radius 3 is 1.67 bits per heavy atom. The van der Waals surface area contributed by atoms with Gasteiger partial charge in [0.05, 0.1) is 0 Å². The van der Waals surface area contributed by atoms with Gasteiger partial charge in [0.2, 0.25) is 6.79 Å². The van der Waals surface area contributed by atoms with Crippen LogP contribution in [0.4, 0.5) is 0 Å². The highest BCUT2D eigenvalue weighted by Gasteiger charge is 1.98. The minimum Gasteiger partial charge on any atom is -0.457 e. The van der Waals surface area contributed by atoms with Gasteiger partial charge in [-0.05, 0) is 48.2 Å². The molecule has 108 valence electrons. The molecule has 0 bridgehead atoms. The van der Waals surface area contributed by atoms with Crippen LogP contribution in [0.25, 0.3) is 0 Å². The van der Waals surface area contributed by atoms with Gasteiger partial charge in [-0.25, -0.2) is 0 Å². The molecule has 0 amide bonds. The molecule has 2 aromatic carbocycles. The first-order valence-corrected chi connectivity index (χ1v) is 6.97. The summed E-state index contributed by atoms with van der Waals surface area (Å²) >= 11 is 0. The molecule has 0 heterocycles. The van der Waals surface area contributed by atoms with E-state index in [0.29, 0.717) is 0 Å². The third-order valence-electron chi connectivity index (χ3n) is 3.01. The van der Waals surface area contributed by atoms with E-state index in [-0.39, 0.29) is 6.79 Å². The predicted molar refractivity (Wildman–Crippen MR) is 86.8 cm³/mol. The Morgan fingerprint density at radius 1 is 0.762 bits per heavy atom. The molecule has 0 N–H and O–H groups in total. The van der Waals surface area contributed by atoms with E-state index in [2.05, 4.69) is 13.2 Å². The van der Waals surface area contributed by atoms with Gasteiger partial charge < -0.3 is 9.47 Å². The summed E-state index contributed by atoms with van der Waals surface area (Å²) in [6.45, 7) is 7.67. The second-order valence-electron chi connectivity index (χ2n) is 4.69. The molecule has 0 saturated heterocycles. The molecule has 0 aliphatic heterocycles. The van der Waals surface area contributed by atoms with Crippen molar-refractivity contribution in [2.24, 2.45) is 0 Å². The van der Waals surface area contributed by atoms with Crippen molar-refractivity contribution in [3.63, 3.8) is 0 Å². The Bertz CT molecular complexity index is 549. The molecule has 2 heteroatoms. The van der Waals surface area contributed by atoms with Crippen LogP contribution >= 0.6 is 0 Å². The molecule has 0 aliphatic rings. The highest BCUT2D eigenvalue weighted by Crippen LogP contribution is 2.16. The minimum absolute atomic E-state index is 0.190. The fourth-order valence-electron chi connectivity index (χ4n) is 2.02. The normalized spacial score (nSPS) is 9.90. The average molecular weight is 280 g/mol. The fourth-order valence-corrected chi connectivity index (χ4v) is 2.02. The van der Waals surface area contributed by atoms with Crippen molar-refractivity contribution >= 4 is 0 Å². The predicted octanol–water partition coefficient (Wildman–Crippen LogP) is 4.56. The average Bonchev–Trinajstić information content (AvgIpc) is 2.49. The topological polar surface area (TPSA) is 18.5 Å². The van der Waals surface area contributed by atoms with Crippen molar-refractivity contribution in [2.45, 2.75) is 12.8 Å². The van der Waals surface area contributed by atoms with Gasteiger partial charge in [-0.15, -0.1) is 13.2 Å². The number of hydrogen-bond acceptors (Lipinski definition) is 2. The van der Waals surface area contributed by atoms with Crippen molar-refractivity contribution in [1.82, 2.24) is 0 Å². The third-order valence-corrected chi connectivity index (χ3v) is 3.01. The van der Waals surface area contributed by atoms with E-state index >= 15 is 0 Å². The molecule has 0 spiro atoms. The summed E-state index contributed by atoms with van der Waals surface area (Å²) < 4.78 is 11.2. The van der Waals surface area contributed by atoms with Gasteiger partial charge in [-0.1, -0.05) is 36.4 Å². The monoisotopic (exact) mass is 280 g/mol. The number of hydrogen-bond donors (Lipinski definition) is 0. The minimum atomic E-state index is 0.190. The van der Waals surface area contributed by atoms with Gasteiger partial charge in [-0.3, -0.25) is 0 Å². The summed E-state index contributed by atoms with van der Waals surface area (Å²) in [5.74, 6) is 1.60. The van der Waals surface area contributed by atoms with E-state index in [1.807, 2.05) is 60.7 Å². The van der Waals surface area contributed by atoms with Crippen LogP contribution in [-0.2, 0) is 12.8 Å². The molecule has 0 aliphatic carbocycles. The molecule has 21 heavy (non-hydrogen) atoms. The lowest BCUT2D eigenvalue weighted by Crippen LogP contribution is -2.06. The maximum Gasteiger partial charge on any atom is 0.230 e. The summed E-state index contributed by atoms with van der Waals surface area (Å²) in [5.41, 5.74) is 2.35. The van der Waals surface area contributed by atoms with Gasteiger partial charge in [0, 0.05) is 0 Å². The second kappa shape index (κ2) is 7.95. The zero-order valence-corrected chi connectivity index (χ0v) is 12.1. The molecule has 0 atom stereocenters. The fraction of sp³-hybridized carbons (Fsp3) is 0.158. The molecule has 0 fully saturated rings. The standard InChI is InChI=1S/C19H20O2/c1-3-7-16-9-5-11-18(13-16)20-15-21-19-12-6-10-17(14-19)8-4-2/h3-6,9-14H,1-2,7-8,15H2. The Balaban J connectivity index is 1.89. The van der Waals surface area contributed by atoms with Gasteiger partial charge >= 0.3 is 0 Å². The summed E-state index contributed by atoms with van der Waals surface area (Å²) in [4.78, 5) is 0. The Morgan fingerprint density at radius 2 is 1.24 bits per heavy atom. The van der Waals surface area contributed by atoms with E-state index in [1.165, 1.54) is 11.1 Å². The van der Waals surface area contributed by atoms with E-state index in [4.69, 9.17) is 9.47 Å². The van der Waals surface area contributed by atoms with E-state index in [0.717, 1.165) is 24.3 Å². The zero-order chi connectivity index (χ0) is 14.9. The molecule has 0 unspecified atom stereocenters. The van der Waals surface area contributed by atoms with Crippen LogP contribution in [0.15, 0.2) is 73.8 Å². The van der Waals surface area contributed by atoms with Crippen LogP contribution in [0, 0.1) is 0 Å². The van der Waals surface area contributed by atoms with Gasteiger partial charge in [0.15, 0.2) is 0 Å². The van der Waals surface area contributed by atoms with E-state index in [9.17, 15) is 0 Å². The molecule has 2 nitrogen and oxygen atoms in total. The maximum absolute atomic E-state index is 5.62. The van der Waals surface area contributed by atoms with Crippen molar-refractivity contribution in [3.8, 4) is 11.5 Å². The largest absolute Gasteiger partial charge is 0.457 e. The molecule has 0 radical (unpaired) electrons. The second-order valence-corrected chi connectivity index (χ2v) is 4.69. The summed E-state index contributed by atoms with van der Waals surface area (Å²) in [6.07, 6.45) is 5.42. The van der Waals surface area contributed by atoms with Crippen LogP contribution in [0.3, 0.4) is 0 Å². The Hall–Kier alpha value is -2.48. The summed E-state index contributed by atoms with van der Waals surface area (Å²) in [6, 6.07) is 15.9. The molecule has 2 rings (SSSR count). The van der Waals surface area contributed by atoms with E-state index in [1.54, 1.807) is 0 Å². The van der Waals surface area contributed by atoms with Crippen molar-refractivity contribution in [2.75, 3.05) is 6.79 Å². The van der Waals surface area contributed by atoms with Gasteiger partial charge in [-0.2, -0.15) is 0 Å². The number of benzene rings is 2. The van der Waals surface area contributed by atoms with Crippen LogP contribution in [0.5, 0.6) is 11.5 Å². The van der Waals surface area contributed by atoms with E-state index < -0.39 is 0 Å². The van der Waals surface area contributed by atoms with Crippen molar-refractivity contribution in [3.05, 3.63) is 85.0 Å². The third kappa shape index (κ3) is 4.84. The lowest BCUT2D eigenvalue weighted by atomic mass is 10.1. The zero-order valence-electron chi connectivity index (χ0n) is 12.1. The summed E-state index contributed by atoms with van der Waals surface area (Å²) in [5, 5.41) is 0. The Kier molecular flexibility index (Phi) is 5.65. The SMILES string of the molecule is C=CCc1cccc(OCOc2cccc(CC=C)c2)c1. The molecular weight excluding hydrogens is 260 g/mol. The maximum atomic E-state index is 5.62. The van der Waals surface area contributed by atoms with Crippen LogP contribution in [0.1, 0.15) is 11.1 Å². The first kappa shape index (κ1) is 14.9. The molecule has 0 aromatic heterocycles. The highest BCUT2D eigenvalue weighted by molar-refractivity contribution is 5.31. The number of rotatable bonds is 8. The molecular formula is C19H20O2. The lowest BCUT2D eigenvalue weighted by Gasteiger charge is -2.10. The van der Waals surface area contributed by atoms with Crippen molar-refractivity contribution in [1.29, 1.82) is 0 Å². The lowest BCUT2D eigenvalue weighted by molar-refractivity contribution is 0.119. The number of ether oxygens (including phenoxy) is 2. The van der Waals surface area contributed by atoms with Gasteiger partial charge in [0.25, 0.3) is 0 Å². The molecule has 2 aromatic rings.